The third-order valence-electron chi connectivity index (χ3n) is 5.81. The van der Waals surface area contributed by atoms with Crippen molar-refractivity contribution in [1.29, 1.82) is 0 Å². The van der Waals surface area contributed by atoms with Crippen molar-refractivity contribution in [2.45, 2.75) is 52.2 Å². The summed E-state index contributed by atoms with van der Waals surface area (Å²) in [6.07, 6.45) is 2.34. The largest absolute Gasteiger partial charge is 0.477 e. The van der Waals surface area contributed by atoms with Crippen LogP contribution in [0.5, 0.6) is 0 Å². The Balaban J connectivity index is 1.64. The third-order valence-corrected chi connectivity index (χ3v) is 5.81. The van der Waals surface area contributed by atoms with Gasteiger partial charge in [0, 0.05) is 6.07 Å². The molecule has 1 aromatic carbocycles. The average molecular weight is 479 g/mol. The number of hydrogen-bond acceptors (Lipinski definition) is 7. The second-order valence-corrected chi connectivity index (χ2v) is 9.36. The van der Waals surface area contributed by atoms with E-state index in [0.717, 1.165) is 33.5 Å². The van der Waals surface area contributed by atoms with Gasteiger partial charge in [-0.25, -0.2) is 19.1 Å². The van der Waals surface area contributed by atoms with Gasteiger partial charge in [-0.3, -0.25) is 9.59 Å². The fourth-order valence-electron chi connectivity index (χ4n) is 4.22. The van der Waals surface area contributed by atoms with Crippen LogP contribution in [0.3, 0.4) is 0 Å². The molecule has 1 aliphatic carbocycles. The van der Waals surface area contributed by atoms with Gasteiger partial charge < -0.3 is 20.9 Å². The van der Waals surface area contributed by atoms with E-state index in [-0.39, 0.29) is 28.6 Å². The number of carboxylic acid groups (broad SMARTS) is 1. The summed E-state index contributed by atoms with van der Waals surface area (Å²) in [7, 11) is 0. The fourth-order valence-corrected chi connectivity index (χ4v) is 4.22. The summed E-state index contributed by atoms with van der Waals surface area (Å²) in [4.78, 5) is 53.2. The molecule has 0 radical (unpaired) electrons. The molecule has 0 bridgehead atoms. The number of rotatable bonds is 5. The normalized spacial score (nSPS) is 15.0. The molecule has 3 aromatic rings. The van der Waals surface area contributed by atoms with E-state index in [2.05, 4.69) is 15.4 Å². The number of esters is 1. The van der Waals surface area contributed by atoms with Gasteiger partial charge in [0.1, 0.15) is 16.9 Å². The Morgan fingerprint density at radius 1 is 1.20 bits per heavy atom. The predicted molar refractivity (Wildman–Crippen MR) is 123 cm³/mol. The summed E-state index contributed by atoms with van der Waals surface area (Å²) >= 11 is 0. The number of fused-ring (bicyclic) bond motifs is 2. The Hall–Kier alpha value is -4.28. The zero-order valence-corrected chi connectivity index (χ0v) is 19.7. The van der Waals surface area contributed by atoms with Gasteiger partial charge in [0.25, 0.3) is 11.8 Å². The number of carbonyl (C=O) groups is 4. The summed E-state index contributed by atoms with van der Waals surface area (Å²) in [5.41, 5.74) is 7.07. The van der Waals surface area contributed by atoms with Gasteiger partial charge in [-0.1, -0.05) is 6.07 Å². The number of nitrogens with one attached hydrogen (secondary N) is 1. The Morgan fingerprint density at radius 2 is 1.91 bits per heavy atom. The maximum atomic E-state index is 13.1. The van der Waals surface area contributed by atoms with Crippen LogP contribution < -0.4 is 11.1 Å². The van der Waals surface area contributed by atoms with Crippen LogP contribution >= 0.6 is 0 Å². The molecular formula is C24H25N5O6. The van der Waals surface area contributed by atoms with Gasteiger partial charge >= 0.3 is 11.9 Å². The van der Waals surface area contributed by atoms with E-state index < -0.39 is 29.4 Å². The lowest BCUT2D eigenvalue weighted by Crippen LogP contribution is -2.29. The third kappa shape index (κ3) is 4.44. The van der Waals surface area contributed by atoms with Crippen LogP contribution in [-0.2, 0) is 11.2 Å². The molecule has 11 nitrogen and oxygen atoms in total. The Morgan fingerprint density at radius 3 is 2.54 bits per heavy atom. The molecule has 0 fully saturated rings. The standard InChI is InChI=1S/C24H25N5O6/c1-11-12-7-8-16(14(12)6-5-13(11)23(34)35-24(2,3)4)28-21(31)17-9-18(22(32)33)29-20(27-17)15(10-26-29)19(25)30/h5-6,9-10,16H,7-8H2,1-4H3,(H2,25,30)(H,28,31)(H,32,33)/t16-/m0/s1. The molecule has 0 spiro atoms. The number of aromatic nitrogens is 3. The van der Waals surface area contributed by atoms with Crippen molar-refractivity contribution < 1.29 is 29.0 Å². The molecule has 0 aliphatic heterocycles. The first-order valence-electron chi connectivity index (χ1n) is 11.0. The highest BCUT2D eigenvalue weighted by molar-refractivity contribution is 6.01. The molecule has 11 heteroatoms. The monoisotopic (exact) mass is 479 g/mol. The second kappa shape index (κ2) is 8.49. The molecule has 2 amide bonds. The molecule has 0 saturated carbocycles. The lowest BCUT2D eigenvalue weighted by Gasteiger charge is -2.21. The zero-order valence-electron chi connectivity index (χ0n) is 19.7. The summed E-state index contributed by atoms with van der Waals surface area (Å²) in [5.74, 6) is -3.21. The zero-order chi connectivity index (χ0) is 25.7. The van der Waals surface area contributed by atoms with Gasteiger partial charge in [0.15, 0.2) is 11.3 Å². The highest BCUT2D eigenvalue weighted by Gasteiger charge is 2.30. The van der Waals surface area contributed by atoms with E-state index in [0.29, 0.717) is 18.4 Å². The summed E-state index contributed by atoms with van der Waals surface area (Å²) < 4.78 is 6.44. The molecule has 4 rings (SSSR count). The molecule has 0 saturated heterocycles. The molecule has 2 aromatic heterocycles. The molecule has 1 atom stereocenters. The van der Waals surface area contributed by atoms with Crippen molar-refractivity contribution >= 4 is 29.4 Å². The summed E-state index contributed by atoms with van der Waals surface area (Å²) in [5, 5.41) is 16.3. The van der Waals surface area contributed by atoms with Crippen molar-refractivity contribution in [2.24, 2.45) is 5.73 Å². The van der Waals surface area contributed by atoms with E-state index in [4.69, 9.17) is 10.5 Å². The molecule has 2 heterocycles. The number of primary amides is 1. The number of hydrogen-bond donors (Lipinski definition) is 3. The van der Waals surface area contributed by atoms with E-state index in [1.165, 1.54) is 0 Å². The van der Waals surface area contributed by atoms with Crippen LogP contribution in [0, 0.1) is 6.92 Å². The van der Waals surface area contributed by atoms with Gasteiger partial charge in [0.2, 0.25) is 0 Å². The highest BCUT2D eigenvalue weighted by atomic mass is 16.6. The number of nitrogens with zero attached hydrogens (tertiary/aromatic N) is 3. The maximum absolute atomic E-state index is 13.1. The topological polar surface area (TPSA) is 166 Å². The lowest BCUT2D eigenvalue weighted by atomic mass is 9.97. The first-order chi connectivity index (χ1) is 16.4. The smallest absolute Gasteiger partial charge is 0.354 e. The molecule has 0 unspecified atom stereocenters. The van der Waals surface area contributed by atoms with Crippen LogP contribution in [0.15, 0.2) is 24.4 Å². The van der Waals surface area contributed by atoms with E-state index >= 15 is 0 Å². The van der Waals surface area contributed by atoms with Crippen molar-refractivity contribution in [3.05, 3.63) is 63.6 Å². The highest BCUT2D eigenvalue weighted by Crippen LogP contribution is 2.35. The van der Waals surface area contributed by atoms with Crippen molar-refractivity contribution in [2.75, 3.05) is 0 Å². The number of carboxylic acids is 1. The Bertz CT molecular complexity index is 1400. The number of carbonyl (C=O) groups excluding carboxylic acids is 3. The van der Waals surface area contributed by atoms with Crippen LogP contribution in [0.2, 0.25) is 0 Å². The van der Waals surface area contributed by atoms with Crippen LogP contribution in [-0.4, -0.2) is 49.1 Å². The predicted octanol–water partition coefficient (Wildman–Crippen LogP) is 2.21. The van der Waals surface area contributed by atoms with Crippen molar-refractivity contribution in [3.63, 3.8) is 0 Å². The number of amides is 2. The summed E-state index contributed by atoms with van der Waals surface area (Å²) in [6, 6.07) is 4.21. The number of ether oxygens (including phenoxy) is 1. The minimum absolute atomic E-state index is 0.0985. The number of benzene rings is 1. The van der Waals surface area contributed by atoms with Gasteiger partial charge in [-0.2, -0.15) is 5.10 Å². The molecule has 182 valence electrons. The van der Waals surface area contributed by atoms with E-state index in [1.807, 2.05) is 6.92 Å². The van der Waals surface area contributed by atoms with Crippen molar-refractivity contribution in [3.8, 4) is 0 Å². The van der Waals surface area contributed by atoms with Crippen molar-refractivity contribution in [1.82, 2.24) is 19.9 Å². The average Bonchev–Trinajstić information content (AvgIpc) is 3.36. The minimum atomic E-state index is -1.35. The molecule has 4 N–H and O–H groups in total. The molecular weight excluding hydrogens is 454 g/mol. The van der Waals surface area contributed by atoms with Gasteiger partial charge in [0.05, 0.1) is 17.8 Å². The van der Waals surface area contributed by atoms with Crippen LogP contribution in [0.25, 0.3) is 5.65 Å². The van der Waals surface area contributed by atoms with Gasteiger partial charge in [-0.15, -0.1) is 0 Å². The van der Waals surface area contributed by atoms with Crippen LogP contribution in [0.1, 0.15) is 91.6 Å². The second-order valence-electron chi connectivity index (χ2n) is 9.36. The first kappa shape index (κ1) is 23.9. The Kier molecular flexibility index (Phi) is 5.79. The van der Waals surface area contributed by atoms with E-state index in [1.54, 1.807) is 32.9 Å². The van der Waals surface area contributed by atoms with Gasteiger partial charge in [-0.05, 0) is 63.3 Å². The maximum Gasteiger partial charge on any atom is 0.354 e. The number of nitrogens with two attached hydrogens (primary N) is 1. The Labute approximate surface area is 200 Å². The molecule has 35 heavy (non-hydrogen) atoms. The molecule has 1 aliphatic rings. The van der Waals surface area contributed by atoms with Crippen LogP contribution in [0.4, 0.5) is 0 Å². The minimum Gasteiger partial charge on any atom is -0.477 e. The number of aromatic carboxylic acids is 1. The fraction of sp³-hybridized carbons (Fsp3) is 0.333. The summed E-state index contributed by atoms with van der Waals surface area (Å²) in [6.45, 7) is 7.26. The van der Waals surface area contributed by atoms with E-state index in [9.17, 15) is 24.3 Å². The SMILES string of the molecule is Cc1c(C(=O)OC(C)(C)C)ccc2c1CC[C@@H]2NC(=O)c1cc(C(=O)O)n2ncc(C(N)=O)c2n1. The quantitative estimate of drug-likeness (QED) is 0.468. The first-order valence-corrected chi connectivity index (χ1v) is 11.0. The lowest BCUT2D eigenvalue weighted by molar-refractivity contribution is 0.00681.